The van der Waals surface area contributed by atoms with Crippen molar-refractivity contribution in [2.45, 2.75) is 50.8 Å². The Bertz CT molecular complexity index is 357. The van der Waals surface area contributed by atoms with Crippen LogP contribution in [0.5, 0.6) is 0 Å². The van der Waals surface area contributed by atoms with Crippen LogP contribution >= 0.6 is 11.6 Å². The Morgan fingerprint density at radius 1 is 1.17 bits per heavy atom. The lowest BCUT2D eigenvalue weighted by Gasteiger charge is -2.30. The van der Waals surface area contributed by atoms with E-state index in [9.17, 15) is 0 Å². The van der Waals surface area contributed by atoms with E-state index in [0.29, 0.717) is 18.2 Å². The van der Waals surface area contributed by atoms with E-state index in [1.807, 2.05) is 19.2 Å². The third kappa shape index (κ3) is 3.71. The number of hydrogen-bond acceptors (Lipinski definition) is 2. The van der Waals surface area contributed by atoms with Crippen LogP contribution in [0, 0.1) is 0 Å². The highest BCUT2D eigenvalue weighted by Gasteiger charge is 2.21. The predicted octanol–water partition coefficient (Wildman–Crippen LogP) is 3.95. The molecule has 1 aliphatic carbocycles. The molecule has 0 aromatic heterocycles. The van der Waals surface area contributed by atoms with Crippen molar-refractivity contribution in [1.82, 2.24) is 5.32 Å². The highest BCUT2D eigenvalue weighted by Crippen LogP contribution is 2.24. The third-order valence-electron chi connectivity index (χ3n) is 3.86. The maximum Gasteiger partial charge on any atom is 0.0572 e. The van der Waals surface area contributed by atoms with Gasteiger partial charge in [-0.05, 0) is 50.3 Å². The molecule has 1 saturated carbocycles. The SMILES string of the molecule is COC1CCC(N[C@@H](C)c2ccc(Cl)cc2)CC1. The summed E-state index contributed by atoms with van der Waals surface area (Å²) < 4.78 is 5.40. The van der Waals surface area contributed by atoms with Crippen molar-refractivity contribution < 1.29 is 4.74 Å². The number of ether oxygens (including phenoxy) is 1. The standard InChI is InChI=1S/C15H22ClNO/c1-11(12-3-5-13(16)6-4-12)17-14-7-9-15(18-2)10-8-14/h3-6,11,14-15,17H,7-10H2,1-2H3/t11-,14?,15?/m0/s1. The Balaban J connectivity index is 1.84. The van der Waals surface area contributed by atoms with E-state index in [1.54, 1.807) is 0 Å². The summed E-state index contributed by atoms with van der Waals surface area (Å²) in [4.78, 5) is 0. The summed E-state index contributed by atoms with van der Waals surface area (Å²) in [7, 11) is 1.81. The van der Waals surface area contributed by atoms with Crippen LogP contribution in [0.1, 0.15) is 44.2 Å². The first-order valence-corrected chi connectivity index (χ1v) is 7.11. The van der Waals surface area contributed by atoms with E-state index >= 15 is 0 Å². The minimum absolute atomic E-state index is 0.381. The zero-order chi connectivity index (χ0) is 13.0. The van der Waals surface area contributed by atoms with Crippen molar-refractivity contribution in [1.29, 1.82) is 0 Å². The minimum atomic E-state index is 0.381. The monoisotopic (exact) mass is 267 g/mol. The average Bonchev–Trinajstić information content (AvgIpc) is 2.40. The number of hydrogen-bond donors (Lipinski definition) is 1. The van der Waals surface area contributed by atoms with Gasteiger partial charge in [0.15, 0.2) is 0 Å². The summed E-state index contributed by atoms with van der Waals surface area (Å²) >= 11 is 5.91. The van der Waals surface area contributed by atoms with Gasteiger partial charge < -0.3 is 10.1 Å². The first-order chi connectivity index (χ1) is 8.69. The third-order valence-corrected chi connectivity index (χ3v) is 4.12. The van der Waals surface area contributed by atoms with Crippen molar-refractivity contribution in [3.05, 3.63) is 34.9 Å². The largest absolute Gasteiger partial charge is 0.381 e. The molecule has 1 atom stereocenters. The van der Waals surface area contributed by atoms with Gasteiger partial charge in [-0.2, -0.15) is 0 Å². The molecule has 0 aliphatic heterocycles. The van der Waals surface area contributed by atoms with Crippen LogP contribution in [0.3, 0.4) is 0 Å². The van der Waals surface area contributed by atoms with Crippen LogP contribution in [0.15, 0.2) is 24.3 Å². The molecule has 1 aromatic rings. The van der Waals surface area contributed by atoms with Gasteiger partial charge in [0, 0.05) is 24.2 Å². The Hall–Kier alpha value is -0.570. The van der Waals surface area contributed by atoms with Gasteiger partial charge in [0.25, 0.3) is 0 Å². The van der Waals surface area contributed by atoms with Crippen LogP contribution in [0.25, 0.3) is 0 Å². The van der Waals surface area contributed by atoms with Crippen molar-refractivity contribution in [3.8, 4) is 0 Å². The number of methoxy groups -OCH3 is 1. The molecular formula is C15H22ClNO. The molecule has 1 aliphatic rings. The Morgan fingerprint density at radius 2 is 1.78 bits per heavy atom. The quantitative estimate of drug-likeness (QED) is 0.892. The molecule has 1 N–H and O–H groups in total. The van der Waals surface area contributed by atoms with Gasteiger partial charge in [0.05, 0.1) is 6.10 Å². The predicted molar refractivity (Wildman–Crippen MR) is 76.1 cm³/mol. The van der Waals surface area contributed by atoms with Gasteiger partial charge in [-0.25, -0.2) is 0 Å². The highest BCUT2D eigenvalue weighted by atomic mass is 35.5. The lowest BCUT2D eigenvalue weighted by atomic mass is 9.92. The maximum atomic E-state index is 5.91. The molecule has 1 fully saturated rings. The first-order valence-electron chi connectivity index (χ1n) is 6.73. The number of benzene rings is 1. The number of rotatable bonds is 4. The van der Waals surface area contributed by atoms with Crippen LogP contribution in [-0.4, -0.2) is 19.3 Å². The molecule has 0 radical (unpaired) electrons. The van der Waals surface area contributed by atoms with Crippen LogP contribution in [-0.2, 0) is 4.74 Å². The summed E-state index contributed by atoms with van der Waals surface area (Å²) in [5.74, 6) is 0. The minimum Gasteiger partial charge on any atom is -0.381 e. The van der Waals surface area contributed by atoms with Crippen LogP contribution in [0.2, 0.25) is 5.02 Å². The molecular weight excluding hydrogens is 246 g/mol. The van der Waals surface area contributed by atoms with Crippen LogP contribution in [0.4, 0.5) is 0 Å². The summed E-state index contributed by atoms with van der Waals surface area (Å²) in [6.07, 6.45) is 5.21. The van der Waals surface area contributed by atoms with Crippen molar-refractivity contribution >= 4 is 11.6 Å². The number of nitrogens with one attached hydrogen (secondary N) is 1. The molecule has 0 heterocycles. The summed E-state index contributed by atoms with van der Waals surface area (Å²) in [6, 6.07) is 9.10. The van der Waals surface area contributed by atoms with E-state index in [-0.39, 0.29) is 0 Å². The number of halogens is 1. The van der Waals surface area contributed by atoms with E-state index in [1.165, 1.54) is 31.2 Å². The van der Waals surface area contributed by atoms with E-state index in [4.69, 9.17) is 16.3 Å². The van der Waals surface area contributed by atoms with Gasteiger partial charge in [-0.15, -0.1) is 0 Å². The molecule has 3 heteroatoms. The van der Waals surface area contributed by atoms with Crippen molar-refractivity contribution in [2.75, 3.05) is 7.11 Å². The van der Waals surface area contributed by atoms with Crippen molar-refractivity contribution in [2.24, 2.45) is 0 Å². The molecule has 18 heavy (non-hydrogen) atoms. The van der Waals surface area contributed by atoms with Gasteiger partial charge in [0.1, 0.15) is 0 Å². The normalized spacial score (nSPS) is 25.9. The molecule has 0 spiro atoms. The smallest absolute Gasteiger partial charge is 0.0572 e. The molecule has 0 bridgehead atoms. The van der Waals surface area contributed by atoms with Gasteiger partial charge >= 0.3 is 0 Å². The topological polar surface area (TPSA) is 21.3 Å². The Morgan fingerprint density at radius 3 is 2.33 bits per heavy atom. The molecule has 2 nitrogen and oxygen atoms in total. The van der Waals surface area contributed by atoms with E-state index in [0.717, 1.165) is 5.02 Å². The van der Waals surface area contributed by atoms with Gasteiger partial charge in [-0.1, -0.05) is 23.7 Å². The van der Waals surface area contributed by atoms with Crippen molar-refractivity contribution in [3.63, 3.8) is 0 Å². The van der Waals surface area contributed by atoms with Gasteiger partial charge in [0.2, 0.25) is 0 Å². The summed E-state index contributed by atoms with van der Waals surface area (Å²) in [5, 5.41) is 4.50. The molecule has 100 valence electrons. The molecule has 1 aromatic carbocycles. The fraction of sp³-hybridized carbons (Fsp3) is 0.600. The van der Waals surface area contributed by atoms with E-state index < -0.39 is 0 Å². The van der Waals surface area contributed by atoms with E-state index in [2.05, 4.69) is 24.4 Å². The molecule has 0 unspecified atom stereocenters. The second-order valence-electron chi connectivity index (χ2n) is 5.15. The summed E-state index contributed by atoms with van der Waals surface area (Å²) in [6.45, 7) is 2.21. The zero-order valence-corrected chi connectivity index (χ0v) is 11.9. The fourth-order valence-corrected chi connectivity index (χ4v) is 2.79. The second kappa shape index (κ2) is 6.55. The lowest BCUT2D eigenvalue weighted by Crippen LogP contribution is -2.36. The Labute approximate surface area is 115 Å². The zero-order valence-electron chi connectivity index (χ0n) is 11.2. The molecule has 0 saturated heterocycles. The molecule has 2 rings (SSSR count). The first kappa shape index (κ1) is 13.9. The summed E-state index contributed by atoms with van der Waals surface area (Å²) in [5.41, 5.74) is 1.30. The molecule has 0 amide bonds. The fourth-order valence-electron chi connectivity index (χ4n) is 2.67. The van der Waals surface area contributed by atoms with Gasteiger partial charge in [-0.3, -0.25) is 0 Å². The lowest BCUT2D eigenvalue weighted by molar-refractivity contribution is 0.0614. The van der Waals surface area contributed by atoms with Crippen LogP contribution < -0.4 is 5.32 Å². The highest BCUT2D eigenvalue weighted by molar-refractivity contribution is 6.30. The maximum absolute atomic E-state index is 5.91. The second-order valence-corrected chi connectivity index (χ2v) is 5.59. The Kier molecular flexibility index (Phi) is 5.04. The average molecular weight is 268 g/mol.